The van der Waals surface area contributed by atoms with Crippen LogP contribution < -0.4 is 5.32 Å². The molecule has 1 heterocycles. The van der Waals surface area contributed by atoms with Crippen LogP contribution in [0.4, 0.5) is 0 Å². The quantitative estimate of drug-likeness (QED) is 0.392. The third kappa shape index (κ3) is 0.343. The zero-order valence-corrected chi connectivity index (χ0v) is 3.21. The average Bonchev–Trinajstić information content (AvgIpc) is 1.86. The van der Waals surface area contributed by atoms with Crippen molar-refractivity contribution in [1.82, 2.24) is 5.32 Å². The fourth-order valence-electron chi connectivity index (χ4n) is 0.296. The Balaban J connectivity index is 2.58. The Morgan fingerprint density at radius 1 is 1.83 bits per heavy atom. The predicted molar refractivity (Wildman–Crippen MR) is 23.3 cm³/mol. The normalized spacial score (nSPS) is 15.7. The lowest BCUT2D eigenvalue weighted by Crippen LogP contribution is -2.09. The van der Waals surface area contributed by atoms with Gasteiger partial charge in [-0.25, -0.2) is 0 Å². The number of nitrogens with one attached hydrogen (secondary N) is 2. The van der Waals surface area contributed by atoms with Crippen LogP contribution in [0, 0.1) is 17.4 Å². The molecule has 0 aromatic heterocycles. The van der Waals surface area contributed by atoms with E-state index in [9.17, 15) is 0 Å². The summed E-state index contributed by atoms with van der Waals surface area (Å²) in [5.74, 6) is 3.17. The molecule has 0 saturated heterocycles. The third-order valence-electron chi connectivity index (χ3n) is 0.567. The van der Waals surface area contributed by atoms with Crippen LogP contribution >= 0.6 is 0 Å². The molecule has 0 spiro atoms. The Kier molecular flexibility index (Phi) is 0.548. The van der Waals surface area contributed by atoms with Crippen LogP contribution in [0.3, 0.4) is 0 Å². The fourth-order valence-corrected chi connectivity index (χ4v) is 0.296. The van der Waals surface area contributed by atoms with Gasteiger partial charge in [0.25, 0.3) is 0 Å². The van der Waals surface area contributed by atoms with Crippen LogP contribution in [0.2, 0.25) is 0 Å². The standard InChI is InChI=1S/C4H4N2/c5-4-2-1-3-6-4/h2H2,(H2,5,6). The van der Waals surface area contributed by atoms with Gasteiger partial charge in [0, 0.05) is 6.04 Å². The molecule has 1 rings (SSSR count). The van der Waals surface area contributed by atoms with Crippen LogP contribution in [0.5, 0.6) is 0 Å². The van der Waals surface area contributed by atoms with Gasteiger partial charge in [-0.2, -0.15) is 0 Å². The minimum atomic E-state index is 0.481. The fraction of sp³-hybridized carbons (Fsp3) is 0.250. The van der Waals surface area contributed by atoms with Crippen molar-refractivity contribution in [3.63, 3.8) is 0 Å². The minimum absolute atomic E-state index is 0.481. The molecule has 0 aromatic rings. The summed E-state index contributed by atoms with van der Waals surface area (Å²) < 4.78 is 0. The van der Waals surface area contributed by atoms with Gasteiger partial charge in [0.2, 0.25) is 0 Å². The van der Waals surface area contributed by atoms with Crippen LogP contribution in [0.25, 0.3) is 0 Å². The average molecular weight is 80.1 g/mol. The Bertz CT molecular complexity index is 114. The molecule has 2 heteroatoms. The summed E-state index contributed by atoms with van der Waals surface area (Å²) in [7, 11) is 0. The minimum Gasteiger partial charge on any atom is -0.303 e. The first-order valence-corrected chi connectivity index (χ1v) is 1.71. The highest BCUT2D eigenvalue weighted by Crippen LogP contribution is 1.79. The predicted octanol–water partition coefficient (Wildman–Crippen LogP) is -0.0821. The van der Waals surface area contributed by atoms with E-state index in [2.05, 4.69) is 17.3 Å². The second-order valence-corrected chi connectivity index (χ2v) is 1.08. The van der Waals surface area contributed by atoms with E-state index in [1.54, 1.807) is 0 Å². The van der Waals surface area contributed by atoms with E-state index in [0.29, 0.717) is 12.3 Å². The van der Waals surface area contributed by atoms with Crippen molar-refractivity contribution in [2.45, 2.75) is 6.42 Å². The summed E-state index contributed by atoms with van der Waals surface area (Å²) in [4.78, 5) is 0. The molecule has 0 amide bonds. The van der Waals surface area contributed by atoms with E-state index in [1.807, 2.05) is 0 Å². The van der Waals surface area contributed by atoms with E-state index in [4.69, 9.17) is 5.41 Å². The Morgan fingerprint density at radius 2 is 2.67 bits per heavy atom. The molecule has 1 aliphatic heterocycles. The summed E-state index contributed by atoms with van der Waals surface area (Å²) >= 11 is 0. The maximum Gasteiger partial charge on any atom is 0.117 e. The molecule has 0 radical (unpaired) electrons. The van der Waals surface area contributed by atoms with Gasteiger partial charge in [-0.3, -0.25) is 5.41 Å². The zero-order chi connectivity index (χ0) is 4.41. The van der Waals surface area contributed by atoms with Crippen LogP contribution in [0.1, 0.15) is 6.42 Å². The van der Waals surface area contributed by atoms with Crippen LogP contribution in [-0.2, 0) is 0 Å². The van der Waals surface area contributed by atoms with Crippen molar-refractivity contribution in [3.8, 4) is 12.0 Å². The SMILES string of the molecule is N=C1CC#CN1. The first-order valence-electron chi connectivity index (χ1n) is 1.71. The number of amidine groups is 1. The molecule has 0 saturated carbocycles. The maximum absolute atomic E-state index is 6.81. The summed E-state index contributed by atoms with van der Waals surface area (Å²) in [6.07, 6.45) is 0.597. The van der Waals surface area contributed by atoms with Gasteiger partial charge >= 0.3 is 0 Å². The highest BCUT2D eigenvalue weighted by Gasteiger charge is 1.91. The van der Waals surface area contributed by atoms with Gasteiger partial charge < -0.3 is 5.32 Å². The molecule has 0 bridgehead atoms. The van der Waals surface area contributed by atoms with Crippen LogP contribution in [0.15, 0.2) is 0 Å². The molecule has 30 valence electrons. The van der Waals surface area contributed by atoms with Gasteiger partial charge in [0.15, 0.2) is 0 Å². The molecular weight excluding hydrogens is 76.1 g/mol. The largest absolute Gasteiger partial charge is 0.303 e. The van der Waals surface area contributed by atoms with E-state index in [0.717, 1.165) is 0 Å². The molecule has 2 N–H and O–H groups in total. The molecule has 0 aromatic carbocycles. The number of rotatable bonds is 0. The van der Waals surface area contributed by atoms with Crippen LogP contribution in [-0.4, -0.2) is 5.84 Å². The molecular formula is C4H4N2. The number of hydrogen-bond acceptors (Lipinski definition) is 1. The van der Waals surface area contributed by atoms with Crippen molar-refractivity contribution in [3.05, 3.63) is 0 Å². The molecule has 6 heavy (non-hydrogen) atoms. The lowest BCUT2D eigenvalue weighted by molar-refractivity contribution is 1.26. The maximum atomic E-state index is 6.81. The molecule has 0 aliphatic carbocycles. The van der Waals surface area contributed by atoms with Crippen molar-refractivity contribution >= 4 is 5.84 Å². The van der Waals surface area contributed by atoms with Gasteiger partial charge in [-0.15, -0.1) is 0 Å². The lowest BCUT2D eigenvalue weighted by atomic mass is 10.5. The summed E-state index contributed by atoms with van der Waals surface area (Å²) in [5, 5.41) is 9.35. The molecule has 0 fully saturated rings. The van der Waals surface area contributed by atoms with Gasteiger partial charge in [-0.05, 0) is 0 Å². The first-order chi connectivity index (χ1) is 2.89. The van der Waals surface area contributed by atoms with Crippen molar-refractivity contribution in [1.29, 1.82) is 5.41 Å². The smallest absolute Gasteiger partial charge is 0.117 e. The molecule has 2 nitrogen and oxygen atoms in total. The van der Waals surface area contributed by atoms with E-state index < -0.39 is 0 Å². The second-order valence-electron chi connectivity index (χ2n) is 1.08. The monoisotopic (exact) mass is 80.0 g/mol. The lowest BCUT2D eigenvalue weighted by Gasteiger charge is -1.82. The highest BCUT2D eigenvalue weighted by molar-refractivity contribution is 5.85. The molecule has 0 unspecified atom stereocenters. The zero-order valence-electron chi connectivity index (χ0n) is 3.21. The summed E-state index contributed by atoms with van der Waals surface area (Å²) in [5.41, 5.74) is 0. The molecule has 1 aliphatic rings. The Labute approximate surface area is 36.1 Å². The highest BCUT2D eigenvalue weighted by atomic mass is 14.9. The summed E-state index contributed by atoms with van der Waals surface area (Å²) in [6, 6.07) is 2.55. The van der Waals surface area contributed by atoms with Gasteiger partial charge in [0.05, 0.1) is 6.42 Å². The topological polar surface area (TPSA) is 35.9 Å². The van der Waals surface area contributed by atoms with Gasteiger partial charge in [-0.1, -0.05) is 5.92 Å². The summed E-state index contributed by atoms with van der Waals surface area (Å²) in [6.45, 7) is 0. The van der Waals surface area contributed by atoms with Crippen molar-refractivity contribution < 1.29 is 0 Å². The Morgan fingerprint density at radius 3 is 2.83 bits per heavy atom. The van der Waals surface area contributed by atoms with E-state index >= 15 is 0 Å². The second kappa shape index (κ2) is 1.02. The van der Waals surface area contributed by atoms with Crippen molar-refractivity contribution in [2.75, 3.05) is 0 Å². The van der Waals surface area contributed by atoms with Crippen molar-refractivity contribution in [2.24, 2.45) is 0 Å². The van der Waals surface area contributed by atoms with E-state index in [-0.39, 0.29) is 0 Å². The third-order valence-corrected chi connectivity index (χ3v) is 0.567. The Hall–Kier alpha value is -0.970. The molecule has 0 atom stereocenters. The van der Waals surface area contributed by atoms with Gasteiger partial charge in [0.1, 0.15) is 5.84 Å². The first kappa shape index (κ1) is 3.23. The van der Waals surface area contributed by atoms with E-state index in [1.165, 1.54) is 0 Å². The number of hydrogen-bond donors (Lipinski definition) is 2.